The molecule has 2 aromatic heterocycles. The molecular weight excluding hydrogens is 242 g/mol. The van der Waals surface area contributed by atoms with Gasteiger partial charge in [0.25, 0.3) is 5.56 Å². The molecule has 0 radical (unpaired) electrons. The first kappa shape index (κ1) is 11.6. The van der Waals surface area contributed by atoms with Crippen molar-refractivity contribution < 1.29 is 0 Å². The van der Waals surface area contributed by atoms with Gasteiger partial charge in [-0.3, -0.25) is 19.3 Å². The number of hydrogen-bond donors (Lipinski definition) is 1. The van der Waals surface area contributed by atoms with Crippen LogP contribution in [-0.4, -0.2) is 14.5 Å². The van der Waals surface area contributed by atoms with Crippen LogP contribution in [0.1, 0.15) is 11.3 Å². The summed E-state index contributed by atoms with van der Waals surface area (Å²) in [5, 5.41) is 0.0401. The van der Waals surface area contributed by atoms with Gasteiger partial charge in [0.2, 0.25) is 0 Å². The number of pyridine rings is 1. The van der Waals surface area contributed by atoms with Crippen LogP contribution in [0.15, 0.2) is 34.0 Å². The summed E-state index contributed by atoms with van der Waals surface area (Å²) in [6, 6.07) is 4.82. The van der Waals surface area contributed by atoms with E-state index in [2.05, 4.69) is 9.97 Å². The molecule has 0 bridgehead atoms. The van der Waals surface area contributed by atoms with E-state index < -0.39 is 11.2 Å². The molecule has 0 atom stereocenters. The van der Waals surface area contributed by atoms with Crippen LogP contribution in [0.3, 0.4) is 0 Å². The van der Waals surface area contributed by atoms with Gasteiger partial charge >= 0.3 is 5.69 Å². The maximum Gasteiger partial charge on any atom is 0.329 e. The average Bonchev–Trinajstić information content (AvgIpc) is 2.26. The number of nitrogens with zero attached hydrogens (tertiary/aromatic N) is 2. The zero-order valence-corrected chi connectivity index (χ0v) is 9.86. The van der Waals surface area contributed by atoms with E-state index >= 15 is 0 Å². The summed E-state index contributed by atoms with van der Waals surface area (Å²) in [7, 11) is 0. The van der Waals surface area contributed by atoms with E-state index in [4.69, 9.17) is 11.6 Å². The smallest absolute Gasteiger partial charge is 0.298 e. The molecule has 0 amide bonds. The van der Waals surface area contributed by atoms with Crippen LogP contribution in [0.25, 0.3) is 0 Å². The molecule has 1 N–H and O–H groups in total. The van der Waals surface area contributed by atoms with Gasteiger partial charge in [0, 0.05) is 18.0 Å². The highest BCUT2D eigenvalue weighted by Gasteiger charge is 2.04. The van der Waals surface area contributed by atoms with Crippen LogP contribution in [0, 0.1) is 6.92 Å². The Hall–Kier alpha value is -1.88. The molecule has 88 valence electrons. The second-order valence-corrected chi connectivity index (χ2v) is 4.06. The summed E-state index contributed by atoms with van der Waals surface area (Å²) in [4.78, 5) is 29.6. The molecule has 2 aromatic rings. The molecule has 2 heterocycles. The van der Waals surface area contributed by atoms with E-state index in [-0.39, 0.29) is 11.7 Å². The maximum atomic E-state index is 11.6. The third kappa shape index (κ3) is 2.62. The van der Waals surface area contributed by atoms with Crippen molar-refractivity contribution in [1.82, 2.24) is 14.5 Å². The fraction of sp³-hybridized carbons (Fsp3) is 0.182. The highest BCUT2D eigenvalue weighted by atomic mass is 35.5. The Bertz CT molecular complexity index is 612. The average molecular weight is 252 g/mol. The van der Waals surface area contributed by atoms with E-state index in [9.17, 15) is 9.59 Å². The molecule has 0 saturated carbocycles. The summed E-state index contributed by atoms with van der Waals surface area (Å²) in [6.45, 7) is 2.05. The van der Waals surface area contributed by atoms with Crippen LogP contribution in [0.5, 0.6) is 0 Å². The lowest BCUT2D eigenvalue weighted by molar-refractivity contribution is 0.696. The summed E-state index contributed by atoms with van der Waals surface area (Å²) in [5.74, 6) is 0. The molecule has 0 unspecified atom stereocenters. The second-order valence-electron chi connectivity index (χ2n) is 3.65. The van der Waals surface area contributed by atoms with Crippen molar-refractivity contribution in [2.75, 3.05) is 0 Å². The van der Waals surface area contributed by atoms with Gasteiger partial charge in [-0.25, -0.2) is 4.79 Å². The van der Waals surface area contributed by atoms with Crippen LogP contribution < -0.4 is 11.2 Å². The molecule has 0 aliphatic rings. The molecule has 2 rings (SSSR count). The van der Waals surface area contributed by atoms with Gasteiger partial charge < -0.3 is 0 Å². The minimum absolute atomic E-state index is 0.0401. The van der Waals surface area contributed by atoms with Crippen molar-refractivity contribution in [3.63, 3.8) is 0 Å². The van der Waals surface area contributed by atoms with Crippen LogP contribution in [0.2, 0.25) is 5.15 Å². The normalized spacial score (nSPS) is 10.5. The van der Waals surface area contributed by atoms with Crippen LogP contribution in [0.4, 0.5) is 0 Å². The summed E-state index contributed by atoms with van der Waals surface area (Å²) in [6.07, 6.45) is 1.63. The standard InChI is InChI=1S/C11H10ClN3O2/c1-7-2-3-8(5-13-7)6-15-10(16)4-9(12)14-11(15)17/h2-5H,6H2,1H3,(H,14,17). The van der Waals surface area contributed by atoms with Gasteiger partial charge in [0.15, 0.2) is 0 Å². The minimum Gasteiger partial charge on any atom is -0.298 e. The molecule has 0 spiro atoms. The number of H-pyrrole nitrogens is 1. The van der Waals surface area contributed by atoms with E-state index in [0.717, 1.165) is 15.8 Å². The Morgan fingerprint density at radius 3 is 2.76 bits per heavy atom. The number of aromatic amines is 1. The highest BCUT2D eigenvalue weighted by molar-refractivity contribution is 6.29. The fourth-order valence-electron chi connectivity index (χ4n) is 1.42. The maximum absolute atomic E-state index is 11.6. The quantitative estimate of drug-likeness (QED) is 0.808. The SMILES string of the molecule is Cc1ccc(Cn2c(=O)cc(Cl)[nH]c2=O)cn1. The van der Waals surface area contributed by atoms with Gasteiger partial charge in [-0.2, -0.15) is 0 Å². The number of aromatic nitrogens is 3. The molecule has 0 aliphatic heterocycles. The topological polar surface area (TPSA) is 67.8 Å². The van der Waals surface area contributed by atoms with Crippen molar-refractivity contribution in [3.8, 4) is 0 Å². The molecule has 0 aliphatic carbocycles. The van der Waals surface area contributed by atoms with E-state index in [1.165, 1.54) is 6.07 Å². The summed E-state index contributed by atoms with van der Waals surface area (Å²) >= 11 is 5.56. The Morgan fingerprint density at radius 2 is 2.18 bits per heavy atom. The van der Waals surface area contributed by atoms with Crippen molar-refractivity contribution in [2.45, 2.75) is 13.5 Å². The van der Waals surface area contributed by atoms with Crippen LogP contribution >= 0.6 is 11.6 Å². The second kappa shape index (κ2) is 4.55. The first-order chi connectivity index (χ1) is 8.06. The summed E-state index contributed by atoms with van der Waals surface area (Å²) in [5.41, 5.74) is 0.707. The lowest BCUT2D eigenvalue weighted by Crippen LogP contribution is -2.34. The Kier molecular flexibility index (Phi) is 3.10. The zero-order valence-electron chi connectivity index (χ0n) is 9.11. The van der Waals surface area contributed by atoms with E-state index in [0.29, 0.717) is 0 Å². The molecule has 0 aromatic carbocycles. The van der Waals surface area contributed by atoms with Gasteiger partial charge in [-0.1, -0.05) is 17.7 Å². The van der Waals surface area contributed by atoms with Gasteiger partial charge in [0.1, 0.15) is 5.15 Å². The van der Waals surface area contributed by atoms with Crippen molar-refractivity contribution in [3.05, 3.63) is 61.6 Å². The largest absolute Gasteiger partial charge is 0.329 e. The lowest BCUT2D eigenvalue weighted by Gasteiger charge is -2.04. The fourth-order valence-corrected chi connectivity index (χ4v) is 1.59. The number of rotatable bonds is 2. The first-order valence-electron chi connectivity index (χ1n) is 4.97. The Labute approximate surface area is 102 Å². The van der Waals surface area contributed by atoms with Crippen molar-refractivity contribution >= 4 is 11.6 Å². The monoisotopic (exact) mass is 251 g/mol. The Balaban J connectivity index is 2.40. The van der Waals surface area contributed by atoms with Crippen molar-refractivity contribution in [2.24, 2.45) is 0 Å². The third-order valence-electron chi connectivity index (χ3n) is 2.30. The van der Waals surface area contributed by atoms with E-state index in [1.807, 2.05) is 19.1 Å². The highest BCUT2D eigenvalue weighted by Crippen LogP contribution is 2.00. The molecule has 0 saturated heterocycles. The number of nitrogens with one attached hydrogen (secondary N) is 1. The molecule has 6 heteroatoms. The first-order valence-corrected chi connectivity index (χ1v) is 5.35. The predicted molar refractivity (Wildman–Crippen MR) is 64.4 cm³/mol. The summed E-state index contributed by atoms with van der Waals surface area (Å²) < 4.78 is 1.07. The molecule has 0 fully saturated rings. The van der Waals surface area contributed by atoms with Crippen LogP contribution in [-0.2, 0) is 6.54 Å². The molecule has 5 nitrogen and oxygen atoms in total. The van der Waals surface area contributed by atoms with Gasteiger partial charge in [0.05, 0.1) is 6.54 Å². The number of hydrogen-bond acceptors (Lipinski definition) is 3. The zero-order chi connectivity index (χ0) is 12.4. The number of aryl methyl sites for hydroxylation is 1. The third-order valence-corrected chi connectivity index (χ3v) is 2.50. The van der Waals surface area contributed by atoms with Crippen molar-refractivity contribution in [1.29, 1.82) is 0 Å². The molecular formula is C11H10ClN3O2. The van der Waals surface area contributed by atoms with E-state index in [1.54, 1.807) is 6.20 Å². The van der Waals surface area contributed by atoms with Gasteiger partial charge in [-0.15, -0.1) is 0 Å². The molecule has 17 heavy (non-hydrogen) atoms. The van der Waals surface area contributed by atoms with Gasteiger partial charge in [-0.05, 0) is 18.6 Å². The lowest BCUT2D eigenvalue weighted by atomic mass is 10.2. The minimum atomic E-state index is -0.525. The number of halogens is 1. The Morgan fingerprint density at radius 1 is 1.41 bits per heavy atom. The predicted octanol–water partition coefficient (Wildman–Crippen LogP) is 0.942.